The summed E-state index contributed by atoms with van der Waals surface area (Å²) in [4.78, 5) is 0. The summed E-state index contributed by atoms with van der Waals surface area (Å²) in [7, 11) is 0. The molecule has 0 saturated carbocycles. The number of ether oxygens (including phenoxy) is 1. The Bertz CT molecular complexity index is 128. The molecule has 66 valence electrons. The maximum atomic E-state index is 9.10. The third-order valence-electron chi connectivity index (χ3n) is 1.74. The van der Waals surface area contributed by atoms with Crippen LogP contribution in [0, 0.1) is 0 Å². The summed E-state index contributed by atoms with van der Waals surface area (Å²) in [5.74, 6) is 0. The highest BCUT2D eigenvalue weighted by Gasteiger charge is 2.34. The minimum absolute atomic E-state index is 0.0341. The Morgan fingerprint density at radius 3 is 2.36 bits per heavy atom. The van der Waals surface area contributed by atoms with Crippen molar-refractivity contribution in [2.45, 2.75) is 31.0 Å². The fourth-order valence-electron chi connectivity index (χ4n) is 1.04. The molecule has 0 bridgehead atoms. The summed E-state index contributed by atoms with van der Waals surface area (Å²) in [5, 5.41) is 35.5. The first-order valence-corrected chi connectivity index (χ1v) is 3.45. The van der Waals surface area contributed by atoms with Crippen molar-refractivity contribution >= 4 is 0 Å². The van der Waals surface area contributed by atoms with Gasteiger partial charge in [0.2, 0.25) is 0 Å². The van der Waals surface area contributed by atoms with E-state index in [-0.39, 0.29) is 13.0 Å². The molecule has 0 amide bonds. The monoisotopic (exact) mass is 164 g/mol. The number of rotatable bonds is 1. The van der Waals surface area contributed by atoms with Gasteiger partial charge in [0.25, 0.3) is 0 Å². The summed E-state index contributed by atoms with van der Waals surface area (Å²) in [6, 6.07) is 0. The number of hydrogen-bond donors (Lipinski definition) is 4. The molecule has 0 aromatic carbocycles. The van der Waals surface area contributed by atoms with E-state index < -0.39 is 24.6 Å². The Morgan fingerprint density at radius 1 is 1.18 bits per heavy atom. The first kappa shape index (κ1) is 8.89. The molecule has 1 heterocycles. The molecule has 0 aromatic rings. The molecule has 0 aliphatic carbocycles. The third-order valence-corrected chi connectivity index (χ3v) is 1.74. The van der Waals surface area contributed by atoms with Crippen LogP contribution in [0.5, 0.6) is 0 Å². The van der Waals surface area contributed by atoms with Crippen LogP contribution in [-0.4, -0.2) is 51.6 Å². The molecule has 0 spiro atoms. The maximum absolute atomic E-state index is 9.10. The van der Waals surface area contributed by atoms with Gasteiger partial charge in [-0.1, -0.05) is 0 Å². The first-order chi connectivity index (χ1) is 5.15. The minimum atomic E-state index is -1.30. The van der Waals surface area contributed by atoms with Crippen LogP contribution < -0.4 is 0 Å². The van der Waals surface area contributed by atoms with Crippen LogP contribution in [0.3, 0.4) is 0 Å². The van der Waals surface area contributed by atoms with E-state index in [0.717, 1.165) is 0 Å². The average Bonchev–Trinajstić information content (AvgIpc) is 1.97. The van der Waals surface area contributed by atoms with Gasteiger partial charge in [-0.25, -0.2) is 0 Å². The first-order valence-electron chi connectivity index (χ1n) is 3.45. The van der Waals surface area contributed by atoms with E-state index in [9.17, 15) is 0 Å². The van der Waals surface area contributed by atoms with Crippen LogP contribution in [0.15, 0.2) is 0 Å². The van der Waals surface area contributed by atoms with Gasteiger partial charge in [-0.2, -0.15) is 0 Å². The quantitative estimate of drug-likeness (QED) is 0.353. The highest BCUT2D eigenvalue weighted by atomic mass is 16.6. The molecule has 4 N–H and O–H groups in total. The Morgan fingerprint density at radius 2 is 1.82 bits per heavy atom. The summed E-state index contributed by atoms with van der Waals surface area (Å²) < 4.78 is 4.67. The number of aliphatic hydroxyl groups is 4. The maximum Gasteiger partial charge on any atom is 0.181 e. The molecule has 4 atom stereocenters. The van der Waals surface area contributed by atoms with Crippen molar-refractivity contribution in [2.24, 2.45) is 0 Å². The van der Waals surface area contributed by atoms with E-state index in [1.807, 2.05) is 0 Å². The standard InChI is InChI=1S/C6H12O5/c7-2-5-3(8)1-4(9)6(10)11-5/h3-10H,1-2H2/t3?,4?,5-,6-/m0/s1. The van der Waals surface area contributed by atoms with Crippen LogP contribution >= 0.6 is 0 Å². The molecule has 1 fully saturated rings. The number of aliphatic hydroxyl groups excluding tert-OH is 4. The van der Waals surface area contributed by atoms with E-state index in [0.29, 0.717) is 0 Å². The second kappa shape index (κ2) is 3.46. The van der Waals surface area contributed by atoms with Gasteiger partial charge >= 0.3 is 0 Å². The zero-order valence-electron chi connectivity index (χ0n) is 5.92. The predicted molar refractivity (Wildman–Crippen MR) is 34.6 cm³/mol. The Balaban J connectivity index is 2.48. The molecule has 1 aliphatic rings. The van der Waals surface area contributed by atoms with Crippen LogP contribution in [-0.2, 0) is 4.74 Å². The lowest BCUT2D eigenvalue weighted by atomic mass is 10.0. The van der Waals surface area contributed by atoms with Crippen LogP contribution in [0.2, 0.25) is 0 Å². The van der Waals surface area contributed by atoms with E-state index in [2.05, 4.69) is 4.74 Å². The van der Waals surface area contributed by atoms with Gasteiger partial charge in [0.05, 0.1) is 12.7 Å². The van der Waals surface area contributed by atoms with Gasteiger partial charge in [0.15, 0.2) is 6.29 Å². The fourth-order valence-corrected chi connectivity index (χ4v) is 1.04. The van der Waals surface area contributed by atoms with Crippen molar-refractivity contribution < 1.29 is 25.2 Å². The van der Waals surface area contributed by atoms with E-state index in [1.54, 1.807) is 0 Å². The predicted octanol–water partition coefficient (Wildman–Crippen LogP) is -2.19. The molecule has 5 heteroatoms. The van der Waals surface area contributed by atoms with E-state index >= 15 is 0 Å². The van der Waals surface area contributed by atoms with Crippen LogP contribution in [0.1, 0.15) is 6.42 Å². The molecule has 2 unspecified atom stereocenters. The second-order valence-corrected chi connectivity index (χ2v) is 2.62. The van der Waals surface area contributed by atoms with Crippen molar-refractivity contribution in [3.8, 4) is 0 Å². The van der Waals surface area contributed by atoms with Gasteiger partial charge < -0.3 is 25.2 Å². The highest BCUT2D eigenvalue weighted by Crippen LogP contribution is 2.18. The molecule has 1 rings (SSSR count). The zero-order chi connectivity index (χ0) is 8.43. The lowest BCUT2D eigenvalue weighted by Gasteiger charge is -2.33. The van der Waals surface area contributed by atoms with Crippen molar-refractivity contribution in [1.29, 1.82) is 0 Å². The molecular weight excluding hydrogens is 152 g/mol. The normalized spacial score (nSPS) is 45.8. The molecule has 5 nitrogen and oxygen atoms in total. The SMILES string of the molecule is OC[C@@H]1O[C@H](O)C(O)CC1O. The summed E-state index contributed by atoms with van der Waals surface area (Å²) in [6.07, 6.45) is -4.01. The Kier molecular flexibility index (Phi) is 2.80. The number of hydrogen-bond acceptors (Lipinski definition) is 5. The van der Waals surface area contributed by atoms with Crippen molar-refractivity contribution in [1.82, 2.24) is 0 Å². The second-order valence-electron chi connectivity index (χ2n) is 2.62. The van der Waals surface area contributed by atoms with Crippen molar-refractivity contribution in [3.63, 3.8) is 0 Å². The summed E-state index contributed by atoms with van der Waals surface area (Å²) in [5.41, 5.74) is 0. The largest absolute Gasteiger partial charge is 0.394 e. The Labute approximate surface area is 63.8 Å². The average molecular weight is 164 g/mol. The zero-order valence-corrected chi connectivity index (χ0v) is 5.92. The molecule has 11 heavy (non-hydrogen) atoms. The van der Waals surface area contributed by atoms with Gasteiger partial charge in [-0.05, 0) is 0 Å². The molecule has 0 aromatic heterocycles. The molecule has 0 radical (unpaired) electrons. The fraction of sp³-hybridized carbons (Fsp3) is 1.00. The lowest BCUT2D eigenvalue weighted by Crippen LogP contribution is -2.48. The van der Waals surface area contributed by atoms with Gasteiger partial charge in [0.1, 0.15) is 12.2 Å². The van der Waals surface area contributed by atoms with E-state index in [1.165, 1.54) is 0 Å². The van der Waals surface area contributed by atoms with Crippen LogP contribution in [0.25, 0.3) is 0 Å². The molecular formula is C6H12O5. The van der Waals surface area contributed by atoms with Crippen LogP contribution in [0.4, 0.5) is 0 Å². The third kappa shape index (κ3) is 1.88. The van der Waals surface area contributed by atoms with Crippen molar-refractivity contribution in [3.05, 3.63) is 0 Å². The summed E-state index contributed by atoms with van der Waals surface area (Å²) >= 11 is 0. The topological polar surface area (TPSA) is 90.2 Å². The molecule has 1 saturated heterocycles. The molecule has 1 aliphatic heterocycles. The summed E-state index contributed by atoms with van der Waals surface area (Å²) in [6.45, 7) is -0.356. The lowest BCUT2D eigenvalue weighted by molar-refractivity contribution is -0.251. The van der Waals surface area contributed by atoms with E-state index in [4.69, 9.17) is 20.4 Å². The van der Waals surface area contributed by atoms with Crippen molar-refractivity contribution in [2.75, 3.05) is 6.61 Å². The Hall–Kier alpha value is -0.200. The highest BCUT2D eigenvalue weighted by molar-refractivity contribution is 4.79. The van der Waals surface area contributed by atoms with Gasteiger partial charge in [-0.15, -0.1) is 0 Å². The van der Waals surface area contributed by atoms with Gasteiger partial charge in [-0.3, -0.25) is 0 Å². The van der Waals surface area contributed by atoms with Gasteiger partial charge in [0, 0.05) is 6.42 Å². The minimum Gasteiger partial charge on any atom is -0.394 e. The smallest absolute Gasteiger partial charge is 0.181 e.